The normalized spacial score (nSPS) is 11.7. The average molecular weight is 360 g/mol. The van der Waals surface area contributed by atoms with E-state index < -0.39 is 0 Å². The summed E-state index contributed by atoms with van der Waals surface area (Å²) in [4.78, 5) is 23.3. The van der Waals surface area contributed by atoms with Crippen LogP contribution in [0.15, 0.2) is 66.0 Å². The minimum atomic E-state index is -0.148. The topological polar surface area (TPSA) is 63.6 Å². The predicted molar refractivity (Wildman–Crippen MR) is 109 cm³/mol. The predicted octanol–water partition coefficient (Wildman–Crippen LogP) is 4.40. The molecule has 4 rings (SSSR count). The number of aromatic nitrogens is 4. The van der Waals surface area contributed by atoms with Crippen molar-refractivity contribution in [2.45, 2.75) is 33.7 Å². The van der Waals surface area contributed by atoms with Crippen LogP contribution >= 0.6 is 0 Å². The molecule has 0 aliphatic rings. The smallest absolute Gasteiger partial charge is 0.269 e. The highest BCUT2D eigenvalue weighted by Gasteiger charge is 2.17. The number of fused-ring (bicyclic) bond motifs is 1. The summed E-state index contributed by atoms with van der Waals surface area (Å²) in [5, 5.41) is 0. The lowest BCUT2D eigenvalue weighted by Gasteiger charge is -2.20. The van der Waals surface area contributed by atoms with Gasteiger partial charge in [0, 0.05) is 12.4 Å². The Labute approximate surface area is 158 Å². The van der Waals surface area contributed by atoms with Crippen molar-refractivity contribution >= 4 is 11.0 Å². The standard InChI is InChI=1S/C20H18N4O.C2H6/c1-13-3-5-15(6-4-13)19(24-10-9-21-12-24)16-7-8-17-18(11-16)22-14(2)20(25)23-17;1-2/h3-12,19H,1-2H3,(H,23,25);1-2H3. The lowest BCUT2D eigenvalue weighted by Crippen LogP contribution is -2.13. The van der Waals surface area contributed by atoms with Gasteiger partial charge in [-0.3, -0.25) is 4.79 Å². The van der Waals surface area contributed by atoms with E-state index in [0.29, 0.717) is 5.69 Å². The Hall–Kier alpha value is -3.21. The summed E-state index contributed by atoms with van der Waals surface area (Å²) < 4.78 is 2.07. The zero-order chi connectivity index (χ0) is 19.4. The number of hydrogen-bond donors (Lipinski definition) is 1. The summed E-state index contributed by atoms with van der Waals surface area (Å²) in [5.74, 6) is 0. The van der Waals surface area contributed by atoms with E-state index in [2.05, 4.69) is 50.7 Å². The summed E-state index contributed by atoms with van der Waals surface area (Å²) >= 11 is 0. The number of aromatic amines is 1. The Morgan fingerprint density at radius 3 is 2.37 bits per heavy atom. The van der Waals surface area contributed by atoms with Crippen LogP contribution in [-0.4, -0.2) is 19.5 Å². The van der Waals surface area contributed by atoms with E-state index in [-0.39, 0.29) is 11.6 Å². The van der Waals surface area contributed by atoms with Crippen LogP contribution in [-0.2, 0) is 0 Å². The number of hydrogen-bond acceptors (Lipinski definition) is 3. The number of aryl methyl sites for hydroxylation is 2. The molecule has 138 valence electrons. The molecule has 27 heavy (non-hydrogen) atoms. The third-order valence-electron chi connectivity index (χ3n) is 4.42. The highest BCUT2D eigenvalue weighted by Crippen LogP contribution is 2.28. The van der Waals surface area contributed by atoms with Crippen molar-refractivity contribution in [2.75, 3.05) is 0 Å². The molecule has 0 aliphatic carbocycles. The second-order valence-corrected chi connectivity index (χ2v) is 6.25. The molecule has 2 aromatic carbocycles. The van der Waals surface area contributed by atoms with Gasteiger partial charge in [0.15, 0.2) is 0 Å². The number of H-pyrrole nitrogens is 1. The molecule has 4 aromatic rings. The minimum absolute atomic E-state index is 0.00142. The van der Waals surface area contributed by atoms with Crippen molar-refractivity contribution in [1.82, 2.24) is 19.5 Å². The van der Waals surface area contributed by atoms with Gasteiger partial charge in [0.2, 0.25) is 0 Å². The molecule has 0 bridgehead atoms. The van der Waals surface area contributed by atoms with Crippen LogP contribution in [0.25, 0.3) is 11.0 Å². The number of nitrogens with one attached hydrogen (secondary N) is 1. The van der Waals surface area contributed by atoms with Gasteiger partial charge in [0.05, 0.1) is 23.4 Å². The third kappa shape index (κ3) is 3.82. The van der Waals surface area contributed by atoms with Crippen LogP contribution in [0.1, 0.15) is 42.3 Å². The molecule has 1 atom stereocenters. The largest absolute Gasteiger partial charge is 0.326 e. The summed E-state index contributed by atoms with van der Waals surface area (Å²) in [6, 6.07) is 14.5. The van der Waals surface area contributed by atoms with Crippen LogP contribution < -0.4 is 5.56 Å². The summed E-state index contributed by atoms with van der Waals surface area (Å²) in [5.41, 5.74) is 5.34. The van der Waals surface area contributed by atoms with E-state index in [9.17, 15) is 4.79 Å². The minimum Gasteiger partial charge on any atom is -0.326 e. The molecule has 1 N–H and O–H groups in total. The van der Waals surface area contributed by atoms with Gasteiger partial charge in [-0.05, 0) is 37.1 Å². The fourth-order valence-corrected chi connectivity index (χ4v) is 3.07. The second-order valence-electron chi connectivity index (χ2n) is 6.25. The molecule has 1 unspecified atom stereocenters. The van der Waals surface area contributed by atoms with Crippen molar-refractivity contribution in [3.8, 4) is 0 Å². The molecule has 5 heteroatoms. The average Bonchev–Trinajstić information content (AvgIpc) is 3.20. The van der Waals surface area contributed by atoms with E-state index >= 15 is 0 Å². The van der Waals surface area contributed by atoms with Gasteiger partial charge in [-0.15, -0.1) is 0 Å². The number of nitrogens with zero attached hydrogens (tertiary/aromatic N) is 3. The maximum atomic E-state index is 11.8. The Bertz CT molecular complexity index is 1080. The number of benzene rings is 2. The maximum Gasteiger partial charge on any atom is 0.269 e. The van der Waals surface area contributed by atoms with Gasteiger partial charge in [-0.1, -0.05) is 49.7 Å². The summed E-state index contributed by atoms with van der Waals surface area (Å²) in [7, 11) is 0. The molecule has 5 nitrogen and oxygen atoms in total. The van der Waals surface area contributed by atoms with Crippen LogP contribution in [0, 0.1) is 13.8 Å². The number of imidazole rings is 1. The first-order valence-electron chi connectivity index (χ1n) is 9.16. The van der Waals surface area contributed by atoms with Gasteiger partial charge in [0.25, 0.3) is 5.56 Å². The molecule has 0 aliphatic heterocycles. The van der Waals surface area contributed by atoms with Crippen LogP contribution in [0.3, 0.4) is 0 Å². The van der Waals surface area contributed by atoms with Gasteiger partial charge in [0.1, 0.15) is 5.69 Å². The first-order valence-corrected chi connectivity index (χ1v) is 9.16. The molecule has 2 heterocycles. The first kappa shape index (κ1) is 18.6. The lowest BCUT2D eigenvalue weighted by atomic mass is 9.97. The quantitative estimate of drug-likeness (QED) is 0.589. The molecular weight excluding hydrogens is 336 g/mol. The Morgan fingerprint density at radius 2 is 1.70 bits per heavy atom. The molecule has 2 aromatic heterocycles. The molecule has 0 radical (unpaired) electrons. The van der Waals surface area contributed by atoms with Crippen molar-refractivity contribution < 1.29 is 0 Å². The van der Waals surface area contributed by atoms with Gasteiger partial charge in [-0.2, -0.15) is 0 Å². The summed E-state index contributed by atoms with van der Waals surface area (Å²) in [6.45, 7) is 7.80. The highest BCUT2D eigenvalue weighted by molar-refractivity contribution is 5.75. The zero-order valence-corrected chi connectivity index (χ0v) is 16.1. The summed E-state index contributed by atoms with van der Waals surface area (Å²) in [6.07, 6.45) is 5.56. The van der Waals surface area contributed by atoms with Crippen molar-refractivity contribution in [3.05, 3.63) is 93.9 Å². The van der Waals surface area contributed by atoms with E-state index in [4.69, 9.17) is 0 Å². The molecule has 0 saturated heterocycles. The highest BCUT2D eigenvalue weighted by atomic mass is 16.1. The van der Waals surface area contributed by atoms with Gasteiger partial charge in [-0.25, -0.2) is 9.97 Å². The van der Waals surface area contributed by atoms with E-state index in [0.717, 1.165) is 16.6 Å². The molecule has 0 amide bonds. The Morgan fingerprint density at radius 1 is 1.00 bits per heavy atom. The number of rotatable bonds is 3. The van der Waals surface area contributed by atoms with Crippen LogP contribution in [0.2, 0.25) is 0 Å². The fraction of sp³-hybridized carbons (Fsp3) is 0.227. The molecular formula is C22H24N4O. The van der Waals surface area contributed by atoms with E-state index in [1.165, 1.54) is 11.1 Å². The monoisotopic (exact) mass is 360 g/mol. The first-order chi connectivity index (χ1) is 13.1. The van der Waals surface area contributed by atoms with Gasteiger partial charge >= 0.3 is 0 Å². The van der Waals surface area contributed by atoms with Crippen LogP contribution in [0.4, 0.5) is 0 Å². The van der Waals surface area contributed by atoms with Crippen molar-refractivity contribution in [3.63, 3.8) is 0 Å². The van der Waals surface area contributed by atoms with Crippen molar-refractivity contribution in [2.24, 2.45) is 0 Å². The Kier molecular flexibility index (Phi) is 5.50. The molecule has 0 fully saturated rings. The van der Waals surface area contributed by atoms with Crippen molar-refractivity contribution in [1.29, 1.82) is 0 Å². The second kappa shape index (κ2) is 7.99. The van der Waals surface area contributed by atoms with E-state index in [1.54, 1.807) is 13.1 Å². The molecule has 0 spiro atoms. The Balaban J connectivity index is 0.00000102. The third-order valence-corrected chi connectivity index (χ3v) is 4.42. The zero-order valence-electron chi connectivity index (χ0n) is 16.1. The van der Waals surface area contributed by atoms with E-state index in [1.807, 2.05) is 44.6 Å². The van der Waals surface area contributed by atoms with Gasteiger partial charge < -0.3 is 9.55 Å². The fourth-order valence-electron chi connectivity index (χ4n) is 3.07. The maximum absolute atomic E-state index is 11.8. The SMILES string of the molecule is CC.Cc1ccc(C(c2ccc3[nH]c(=O)c(C)nc3c2)n2ccnc2)cc1. The molecule has 0 saturated carbocycles. The lowest BCUT2D eigenvalue weighted by molar-refractivity contribution is 0.677. The van der Waals surface area contributed by atoms with Crippen LogP contribution in [0.5, 0.6) is 0 Å².